The SMILES string of the molecule is CC[Si](C#Cc1c2cc3ccccc3cc2c(C#C[Si](CC)(CC)CC)c2nc3nc4ccccc4nc3nc12)(CC)CC. The molecule has 2 aromatic heterocycles. The first kappa shape index (κ1) is 29.9. The highest BCUT2D eigenvalue weighted by molar-refractivity contribution is 6.87. The molecule has 0 amide bonds. The smallest absolute Gasteiger partial charge is 0.199 e. The van der Waals surface area contributed by atoms with E-state index in [1.165, 1.54) is 10.8 Å². The predicted octanol–water partition coefficient (Wildman–Crippen LogP) is 9.83. The maximum absolute atomic E-state index is 5.22. The topological polar surface area (TPSA) is 51.6 Å². The van der Waals surface area contributed by atoms with Crippen LogP contribution < -0.4 is 0 Å². The average Bonchev–Trinajstić information content (AvgIpc) is 3.07. The molecule has 6 heteroatoms. The van der Waals surface area contributed by atoms with Crippen molar-refractivity contribution in [1.82, 2.24) is 19.9 Å². The lowest BCUT2D eigenvalue weighted by atomic mass is 9.94. The summed E-state index contributed by atoms with van der Waals surface area (Å²) < 4.78 is 0. The summed E-state index contributed by atoms with van der Waals surface area (Å²) in [6.45, 7) is 13.8. The fourth-order valence-electron chi connectivity index (χ4n) is 6.38. The van der Waals surface area contributed by atoms with Gasteiger partial charge in [-0.2, -0.15) is 0 Å². The minimum Gasteiger partial charge on any atom is -0.224 e. The van der Waals surface area contributed by atoms with Gasteiger partial charge in [0, 0.05) is 10.8 Å². The zero-order chi connectivity index (χ0) is 30.9. The minimum absolute atomic E-state index is 0.544. The Kier molecular flexibility index (Phi) is 8.25. The molecule has 220 valence electrons. The third kappa shape index (κ3) is 5.17. The van der Waals surface area contributed by atoms with Gasteiger partial charge in [-0.15, -0.1) is 11.1 Å². The first-order chi connectivity index (χ1) is 21.4. The summed E-state index contributed by atoms with van der Waals surface area (Å²) in [4.78, 5) is 20.3. The molecule has 4 nitrogen and oxygen atoms in total. The van der Waals surface area contributed by atoms with Gasteiger partial charge in [-0.3, -0.25) is 0 Å². The lowest BCUT2D eigenvalue weighted by molar-refractivity contribution is 1.20. The van der Waals surface area contributed by atoms with Crippen LogP contribution in [0.25, 0.3) is 54.9 Å². The van der Waals surface area contributed by atoms with Crippen LogP contribution in [-0.2, 0) is 0 Å². The molecule has 0 N–H and O–H groups in total. The van der Waals surface area contributed by atoms with E-state index in [0.717, 1.165) is 80.2 Å². The highest BCUT2D eigenvalue weighted by Crippen LogP contribution is 2.35. The number of para-hydroxylation sites is 2. The summed E-state index contributed by atoms with van der Waals surface area (Å²) >= 11 is 0. The number of aromatic nitrogens is 4. The molecule has 0 aliphatic heterocycles. The molecule has 0 atom stereocenters. The van der Waals surface area contributed by atoms with Gasteiger partial charge in [0.15, 0.2) is 11.3 Å². The Morgan fingerprint density at radius 2 is 0.864 bits per heavy atom. The van der Waals surface area contributed by atoms with Gasteiger partial charge >= 0.3 is 0 Å². The molecule has 0 unspecified atom stereocenters. The van der Waals surface area contributed by atoms with Crippen molar-refractivity contribution in [2.24, 2.45) is 0 Å². The molecule has 6 aromatic rings. The van der Waals surface area contributed by atoms with Gasteiger partial charge in [0.1, 0.15) is 27.2 Å². The van der Waals surface area contributed by atoms with Gasteiger partial charge in [-0.1, -0.05) is 89.8 Å². The van der Waals surface area contributed by atoms with E-state index >= 15 is 0 Å². The van der Waals surface area contributed by atoms with Gasteiger partial charge in [0.25, 0.3) is 0 Å². The molecule has 0 aliphatic rings. The van der Waals surface area contributed by atoms with Crippen LogP contribution in [0.1, 0.15) is 52.7 Å². The Hall–Kier alpha value is -4.11. The number of benzene rings is 4. The molecule has 0 saturated heterocycles. The Balaban J connectivity index is 1.82. The zero-order valence-electron chi connectivity index (χ0n) is 26.8. The second-order valence-electron chi connectivity index (χ2n) is 12.0. The van der Waals surface area contributed by atoms with Gasteiger partial charge in [-0.05, 0) is 71.3 Å². The highest BCUT2D eigenvalue weighted by Gasteiger charge is 2.26. The number of hydrogen-bond donors (Lipinski definition) is 0. The molecule has 2 heterocycles. The predicted molar refractivity (Wildman–Crippen MR) is 193 cm³/mol. The van der Waals surface area contributed by atoms with Gasteiger partial charge in [0.2, 0.25) is 0 Å². The van der Waals surface area contributed by atoms with Crippen molar-refractivity contribution < 1.29 is 0 Å². The van der Waals surface area contributed by atoms with Crippen LogP contribution in [0.2, 0.25) is 36.3 Å². The van der Waals surface area contributed by atoms with Crippen molar-refractivity contribution in [2.75, 3.05) is 0 Å². The molecular formula is C38H40N4Si2. The zero-order valence-corrected chi connectivity index (χ0v) is 28.8. The highest BCUT2D eigenvalue weighted by atomic mass is 28.3. The van der Waals surface area contributed by atoms with Crippen LogP contribution in [0.15, 0.2) is 60.7 Å². The molecule has 4 aromatic carbocycles. The molecule has 0 spiro atoms. The summed E-state index contributed by atoms with van der Waals surface area (Å²) in [6, 6.07) is 27.9. The Labute approximate surface area is 262 Å². The quantitative estimate of drug-likeness (QED) is 0.107. The molecule has 0 bridgehead atoms. The largest absolute Gasteiger partial charge is 0.224 e. The van der Waals surface area contributed by atoms with E-state index in [-0.39, 0.29) is 0 Å². The maximum atomic E-state index is 5.22. The molecule has 6 rings (SSSR count). The normalized spacial score (nSPS) is 12.0. The minimum atomic E-state index is -1.75. The van der Waals surface area contributed by atoms with Crippen LogP contribution >= 0.6 is 0 Å². The standard InChI is InChI=1S/C38H40N4Si2/c1-7-43(8-2,9-3)23-21-29-31-25-27-17-13-14-18-28(27)26-32(31)30(22-24-44(10-4,11-5)12-6)36-35(29)41-37-38(42-36)40-34-20-16-15-19-33(34)39-37/h13-20,25-26H,7-12H2,1-6H3. The van der Waals surface area contributed by atoms with E-state index in [2.05, 4.69) is 101 Å². The summed E-state index contributed by atoms with van der Waals surface area (Å²) in [5, 5.41) is 4.56. The lowest BCUT2D eigenvalue weighted by Gasteiger charge is -2.21. The van der Waals surface area contributed by atoms with E-state index in [1.807, 2.05) is 24.3 Å². The van der Waals surface area contributed by atoms with Crippen LogP contribution in [0.4, 0.5) is 0 Å². The molecule has 0 aliphatic carbocycles. The molecule has 0 saturated carbocycles. The fraction of sp³-hybridized carbons (Fsp3) is 0.316. The molecule has 0 radical (unpaired) electrons. The van der Waals surface area contributed by atoms with E-state index in [0.29, 0.717) is 11.3 Å². The van der Waals surface area contributed by atoms with Crippen molar-refractivity contribution in [1.29, 1.82) is 0 Å². The number of rotatable bonds is 6. The Morgan fingerprint density at radius 1 is 0.500 bits per heavy atom. The van der Waals surface area contributed by atoms with Gasteiger partial charge in [0.05, 0.1) is 22.2 Å². The lowest BCUT2D eigenvalue weighted by Crippen LogP contribution is -2.29. The molecule has 0 fully saturated rings. The summed E-state index contributed by atoms with van der Waals surface area (Å²) in [6.07, 6.45) is 0. The van der Waals surface area contributed by atoms with Crippen LogP contribution in [-0.4, -0.2) is 36.1 Å². The second kappa shape index (κ2) is 12.1. The van der Waals surface area contributed by atoms with E-state index in [9.17, 15) is 0 Å². The second-order valence-corrected chi connectivity index (χ2v) is 21.8. The summed E-state index contributed by atoms with van der Waals surface area (Å²) in [5.74, 6) is 7.49. The fourth-order valence-corrected chi connectivity index (χ4v) is 11.2. The number of fused-ring (bicyclic) bond motifs is 5. The first-order valence-corrected chi connectivity index (χ1v) is 21.5. The Bertz CT molecular complexity index is 2000. The molecule has 44 heavy (non-hydrogen) atoms. The number of hydrogen-bond acceptors (Lipinski definition) is 4. The molecular weight excluding hydrogens is 569 g/mol. The van der Waals surface area contributed by atoms with E-state index in [1.54, 1.807) is 0 Å². The first-order valence-electron chi connectivity index (χ1n) is 16.2. The van der Waals surface area contributed by atoms with Crippen LogP contribution in [0.5, 0.6) is 0 Å². The summed E-state index contributed by atoms with van der Waals surface area (Å²) in [5.41, 5.74) is 13.9. The third-order valence-corrected chi connectivity index (χ3v) is 19.5. The average molecular weight is 609 g/mol. The monoisotopic (exact) mass is 608 g/mol. The van der Waals surface area contributed by atoms with Crippen LogP contribution in [0, 0.1) is 22.9 Å². The van der Waals surface area contributed by atoms with Crippen molar-refractivity contribution in [2.45, 2.75) is 77.8 Å². The third-order valence-electron chi connectivity index (χ3n) is 10.1. The van der Waals surface area contributed by atoms with Crippen molar-refractivity contribution in [3.05, 3.63) is 71.8 Å². The number of nitrogens with zero attached hydrogens (tertiary/aromatic N) is 4. The van der Waals surface area contributed by atoms with Crippen molar-refractivity contribution in [3.8, 4) is 22.9 Å². The van der Waals surface area contributed by atoms with Crippen molar-refractivity contribution in [3.63, 3.8) is 0 Å². The van der Waals surface area contributed by atoms with Crippen molar-refractivity contribution >= 4 is 71.1 Å². The van der Waals surface area contributed by atoms with Gasteiger partial charge < -0.3 is 0 Å². The van der Waals surface area contributed by atoms with E-state index < -0.39 is 16.1 Å². The van der Waals surface area contributed by atoms with E-state index in [4.69, 9.17) is 19.9 Å². The van der Waals surface area contributed by atoms with Crippen LogP contribution in [0.3, 0.4) is 0 Å². The Morgan fingerprint density at radius 3 is 1.23 bits per heavy atom. The van der Waals surface area contributed by atoms with Gasteiger partial charge in [-0.25, -0.2) is 19.9 Å². The maximum Gasteiger partial charge on any atom is 0.199 e. The summed E-state index contributed by atoms with van der Waals surface area (Å²) in [7, 11) is -3.49.